The second kappa shape index (κ2) is 9.65. The van der Waals surface area contributed by atoms with Crippen molar-refractivity contribution in [2.75, 3.05) is 20.8 Å². The molecular formula is C23H24N2O5. The third-order valence-electron chi connectivity index (χ3n) is 4.34. The van der Waals surface area contributed by atoms with E-state index >= 15 is 0 Å². The van der Waals surface area contributed by atoms with Gasteiger partial charge < -0.3 is 18.6 Å². The molecule has 7 heteroatoms. The number of methoxy groups -OCH3 is 2. The number of carbonyl (C=O) groups is 1. The van der Waals surface area contributed by atoms with Crippen molar-refractivity contribution in [1.29, 1.82) is 0 Å². The number of furan rings is 1. The third kappa shape index (κ3) is 4.63. The van der Waals surface area contributed by atoms with Crippen LogP contribution in [0.25, 0.3) is 11.0 Å². The zero-order valence-corrected chi connectivity index (χ0v) is 17.2. The van der Waals surface area contributed by atoms with E-state index in [1.807, 2.05) is 19.1 Å². The molecule has 156 valence electrons. The van der Waals surface area contributed by atoms with Crippen LogP contribution in [0, 0.1) is 0 Å². The standard InChI is InChI=1S/C23H24N2O5/c1-5-7-16-10-15(11-20(27-3)22(16)28-4)14-24-25-23(26)21-13-17-12-18(29-6-2)8-9-19(17)30-21/h5,8-14H,1,6-7H2,2-4H3,(H,25,26)/b24-14+. The summed E-state index contributed by atoms with van der Waals surface area (Å²) >= 11 is 0. The zero-order chi connectivity index (χ0) is 21.5. The van der Waals surface area contributed by atoms with Crippen LogP contribution in [0.3, 0.4) is 0 Å². The highest BCUT2D eigenvalue weighted by atomic mass is 16.5. The molecule has 30 heavy (non-hydrogen) atoms. The number of hydrogen-bond acceptors (Lipinski definition) is 6. The van der Waals surface area contributed by atoms with Gasteiger partial charge in [-0.3, -0.25) is 4.79 Å². The van der Waals surface area contributed by atoms with E-state index in [2.05, 4.69) is 17.1 Å². The summed E-state index contributed by atoms with van der Waals surface area (Å²) in [6.45, 7) is 6.24. The highest BCUT2D eigenvalue weighted by Crippen LogP contribution is 2.32. The van der Waals surface area contributed by atoms with Crippen molar-refractivity contribution >= 4 is 23.1 Å². The van der Waals surface area contributed by atoms with Gasteiger partial charge in [-0.2, -0.15) is 5.10 Å². The minimum atomic E-state index is -0.452. The van der Waals surface area contributed by atoms with Gasteiger partial charge in [-0.25, -0.2) is 5.43 Å². The Labute approximate surface area is 174 Å². The average molecular weight is 408 g/mol. The fraction of sp³-hybridized carbons (Fsp3) is 0.217. The van der Waals surface area contributed by atoms with Gasteiger partial charge in [0.2, 0.25) is 0 Å². The van der Waals surface area contributed by atoms with Gasteiger partial charge in [0.1, 0.15) is 11.3 Å². The Kier molecular flexibility index (Phi) is 6.75. The summed E-state index contributed by atoms with van der Waals surface area (Å²) < 4.78 is 21.9. The minimum Gasteiger partial charge on any atom is -0.494 e. The van der Waals surface area contributed by atoms with Crippen LogP contribution in [0.5, 0.6) is 17.2 Å². The number of allylic oxidation sites excluding steroid dienone is 1. The van der Waals surface area contributed by atoms with Crippen LogP contribution < -0.4 is 19.6 Å². The van der Waals surface area contributed by atoms with E-state index in [1.54, 1.807) is 44.6 Å². The van der Waals surface area contributed by atoms with E-state index in [1.165, 1.54) is 6.21 Å². The molecule has 0 saturated heterocycles. The first-order valence-electron chi connectivity index (χ1n) is 9.45. The molecule has 2 aromatic carbocycles. The van der Waals surface area contributed by atoms with Crippen LogP contribution in [-0.4, -0.2) is 32.9 Å². The number of nitrogens with zero attached hydrogens (tertiary/aromatic N) is 1. The van der Waals surface area contributed by atoms with E-state index in [0.29, 0.717) is 30.1 Å². The van der Waals surface area contributed by atoms with Crippen molar-refractivity contribution in [3.8, 4) is 17.2 Å². The van der Waals surface area contributed by atoms with Gasteiger partial charge in [0.25, 0.3) is 0 Å². The maximum Gasteiger partial charge on any atom is 0.307 e. The fourth-order valence-electron chi connectivity index (χ4n) is 3.06. The van der Waals surface area contributed by atoms with Crippen molar-refractivity contribution in [2.45, 2.75) is 13.3 Å². The highest BCUT2D eigenvalue weighted by Gasteiger charge is 2.13. The lowest BCUT2D eigenvalue weighted by Crippen LogP contribution is -2.16. The van der Waals surface area contributed by atoms with Crippen molar-refractivity contribution in [1.82, 2.24) is 5.43 Å². The summed E-state index contributed by atoms with van der Waals surface area (Å²) in [4.78, 5) is 12.4. The van der Waals surface area contributed by atoms with Crippen LogP contribution in [0.15, 0.2) is 58.6 Å². The first kappa shape index (κ1) is 21.0. The Morgan fingerprint density at radius 3 is 2.73 bits per heavy atom. The third-order valence-corrected chi connectivity index (χ3v) is 4.34. The zero-order valence-electron chi connectivity index (χ0n) is 17.2. The highest BCUT2D eigenvalue weighted by molar-refractivity contribution is 5.96. The molecule has 0 spiro atoms. The minimum absolute atomic E-state index is 0.162. The van der Waals surface area contributed by atoms with Crippen LogP contribution >= 0.6 is 0 Å². The largest absolute Gasteiger partial charge is 0.494 e. The predicted molar refractivity (Wildman–Crippen MR) is 116 cm³/mol. The molecule has 3 rings (SSSR count). The van der Waals surface area contributed by atoms with Crippen molar-refractivity contribution < 1.29 is 23.4 Å². The summed E-state index contributed by atoms with van der Waals surface area (Å²) in [6, 6.07) is 10.7. The molecule has 0 aliphatic heterocycles. The Morgan fingerprint density at radius 2 is 2.03 bits per heavy atom. The first-order chi connectivity index (χ1) is 14.6. The lowest BCUT2D eigenvalue weighted by molar-refractivity contribution is 0.0929. The molecule has 0 aliphatic rings. The number of rotatable bonds is 9. The van der Waals surface area contributed by atoms with Crippen molar-refractivity contribution in [2.24, 2.45) is 5.10 Å². The Hall–Kier alpha value is -3.74. The van der Waals surface area contributed by atoms with E-state index in [9.17, 15) is 4.79 Å². The monoisotopic (exact) mass is 408 g/mol. The average Bonchev–Trinajstić information content (AvgIpc) is 3.17. The topological polar surface area (TPSA) is 82.3 Å². The van der Waals surface area contributed by atoms with Gasteiger partial charge >= 0.3 is 5.91 Å². The Morgan fingerprint density at radius 1 is 1.20 bits per heavy atom. The lowest BCUT2D eigenvalue weighted by atomic mass is 10.1. The summed E-state index contributed by atoms with van der Waals surface area (Å²) in [6.07, 6.45) is 3.91. The maximum absolute atomic E-state index is 12.4. The molecule has 0 radical (unpaired) electrons. The van der Waals surface area contributed by atoms with Gasteiger partial charge in [-0.1, -0.05) is 6.08 Å². The number of hydrogen-bond donors (Lipinski definition) is 1. The molecule has 0 atom stereocenters. The summed E-state index contributed by atoms with van der Waals surface area (Å²) in [7, 11) is 3.15. The molecule has 1 heterocycles. The first-order valence-corrected chi connectivity index (χ1v) is 9.45. The second-order valence-corrected chi connectivity index (χ2v) is 6.35. The number of nitrogens with one attached hydrogen (secondary N) is 1. The molecule has 0 fully saturated rings. The van der Waals surface area contributed by atoms with E-state index in [0.717, 1.165) is 22.3 Å². The number of hydrazone groups is 1. The van der Waals surface area contributed by atoms with Gasteiger partial charge in [-0.15, -0.1) is 6.58 Å². The molecule has 1 N–H and O–H groups in total. The SMILES string of the molecule is C=CCc1cc(/C=N/NC(=O)c2cc3cc(OCC)ccc3o2)cc(OC)c1OC. The normalized spacial score (nSPS) is 10.9. The molecular weight excluding hydrogens is 384 g/mol. The van der Waals surface area contributed by atoms with Crippen molar-refractivity contribution in [3.63, 3.8) is 0 Å². The molecule has 3 aromatic rings. The molecule has 0 unspecified atom stereocenters. The van der Waals surface area contributed by atoms with Crippen LogP contribution in [-0.2, 0) is 6.42 Å². The van der Waals surface area contributed by atoms with Gasteiger partial charge in [0, 0.05) is 10.9 Å². The predicted octanol–water partition coefficient (Wildman–Crippen LogP) is 4.34. The van der Waals surface area contributed by atoms with Gasteiger partial charge in [0.05, 0.1) is 27.0 Å². The molecule has 1 aromatic heterocycles. The maximum atomic E-state index is 12.4. The van der Waals surface area contributed by atoms with Crippen LogP contribution in [0.4, 0.5) is 0 Å². The van der Waals surface area contributed by atoms with E-state index in [-0.39, 0.29) is 5.76 Å². The number of benzene rings is 2. The van der Waals surface area contributed by atoms with Crippen molar-refractivity contribution in [3.05, 3.63) is 65.9 Å². The van der Waals surface area contributed by atoms with Gasteiger partial charge in [-0.05, 0) is 55.3 Å². The van der Waals surface area contributed by atoms with Gasteiger partial charge in [0.15, 0.2) is 17.3 Å². The molecule has 1 amide bonds. The van der Waals surface area contributed by atoms with E-state index in [4.69, 9.17) is 18.6 Å². The molecule has 7 nitrogen and oxygen atoms in total. The smallest absolute Gasteiger partial charge is 0.307 e. The fourth-order valence-corrected chi connectivity index (χ4v) is 3.06. The summed E-state index contributed by atoms with van der Waals surface area (Å²) in [5, 5.41) is 4.82. The van der Waals surface area contributed by atoms with Crippen LogP contribution in [0.2, 0.25) is 0 Å². The molecule has 0 aliphatic carbocycles. The quantitative estimate of drug-likeness (QED) is 0.324. The Balaban J connectivity index is 1.76. The second-order valence-electron chi connectivity index (χ2n) is 6.35. The summed E-state index contributed by atoms with van der Waals surface area (Å²) in [5.41, 5.74) is 4.73. The number of carbonyl (C=O) groups excluding carboxylic acids is 1. The number of fused-ring (bicyclic) bond motifs is 1. The molecule has 0 bridgehead atoms. The Bertz CT molecular complexity index is 1080. The van der Waals surface area contributed by atoms with E-state index < -0.39 is 5.91 Å². The van der Waals surface area contributed by atoms with Crippen LogP contribution in [0.1, 0.15) is 28.6 Å². The summed E-state index contributed by atoms with van der Waals surface area (Å²) in [5.74, 6) is 1.65. The lowest BCUT2D eigenvalue weighted by Gasteiger charge is -2.12. The molecule has 0 saturated carbocycles. The number of ether oxygens (including phenoxy) is 3. The number of amides is 1.